The normalized spacial score (nSPS) is 13.6. The molecular formula is C14H18N2O2S. The van der Waals surface area contributed by atoms with Crippen molar-refractivity contribution in [3.05, 3.63) is 42.1 Å². The smallest absolute Gasteiger partial charge is 0.149 e. The van der Waals surface area contributed by atoms with Crippen LogP contribution in [0.15, 0.2) is 36.5 Å². The van der Waals surface area contributed by atoms with Crippen LogP contribution in [0.4, 0.5) is 0 Å². The predicted molar refractivity (Wildman–Crippen MR) is 77.9 cm³/mol. The van der Waals surface area contributed by atoms with Gasteiger partial charge in [0.25, 0.3) is 0 Å². The maximum absolute atomic E-state index is 11.5. The summed E-state index contributed by atoms with van der Waals surface area (Å²) in [4.78, 5) is 4.26. The van der Waals surface area contributed by atoms with Crippen LogP contribution in [0, 0.1) is 0 Å². The molecule has 2 aromatic rings. The SMILES string of the molecule is CCNC(CS(C)(=O)=O)c1ccc2ncccc2c1. The summed E-state index contributed by atoms with van der Waals surface area (Å²) >= 11 is 0. The van der Waals surface area contributed by atoms with E-state index < -0.39 is 9.84 Å². The van der Waals surface area contributed by atoms with Gasteiger partial charge in [-0.1, -0.05) is 19.1 Å². The first-order valence-corrected chi connectivity index (χ1v) is 8.31. The Bertz CT molecular complexity index is 668. The number of benzene rings is 1. The van der Waals surface area contributed by atoms with E-state index in [1.54, 1.807) is 6.20 Å². The van der Waals surface area contributed by atoms with E-state index in [-0.39, 0.29) is 11.8 Å². The third kappa shape index (κ3) is 3.75. The van der Waals surface area contributed by atoms with Gasteiger partial charge in [-0.25, -0.2) is 8.42 Å². The number of aromatic nitrogens is 1. The van der Waals surface area contributed by atoms with Crippen molar-refractivity contribution in [2.24, 2.45) is 0 Å². The molecule has 0 aliphatic heterocycles. The number of nitrogens with zero attached hydrogens (tertiary/aromatic N) is 1. The van der Waals surface area contributed by atoms with E-state index in [0.29, 0.717) is 0 Å². The summed E-state index contributed by atoms with van der Waals surface area (Å²) < 4.78 is 23.0. The highest BCUT2D eigenvalue weighted by Crippen LogP contribution is 2.20. The molecule has 102 valence electrons. The molecule has 0 saturated carbocycles. The summed E-state index contributed by atoms with van der Waals surface area (Å²) in [6, 6.07) is 9.55. The number of hydrogen-bond donors (Lipinski definition) is 1. The third-order valence-electron chi connectivity index (χ3n) is 2.95. The molecule has 0 bridgehead atoms. The van der Waals surface area contributed by atoms with Crippen LogP contribution in [0.25, 0.3) is 10.9 Å². The molecule has 0 fully saturated rings. The Balaban J connectivity index is 2.38. The molecule has 0 radical (unpaired) electrons. The van der Waals surface area contributed by atoms with Crippen LogP contribution in [0.2, 0.25) is 0 Å². The van der Waals surface area contributed by atoms with E-state index in [0.717, 1.165) is 23.0 Å². The fraction of sp³-hybridized carbons (Fsp3) is 0.357. The van der Waals surface area contributed by atoms with Gasteiger partial charge in [-0.2, -0.15) is 0 Å². The maximum Gasteiger partial charge on any atom is 0.149 e. The first-order chi connectivity index (χ1) is 8.99. The summed E-state index contributed by atoms with van der Waals surface area (Å²) in [6.45, 7) is 2.70. The van der Waals surface area contributed by atoms with Crippen LogP contribution in [-0.4, -0.2) is 32.0 Å². The number of fused-ring (bicyclic) bond motifs is 1. The standard InChI is InChI=1S/C14H18N2O2S/c1-3-15-14(10-19(2,17)18)12-6-7-13-11(9-12)5-4-8-16-13/h4-9,14-15H,3,10H2,1-2H3. The van der Waals surface area contributed by atoms with E-state index in [4.69, 9.17) is 0 Å². The van der Waals surface area contributed by atoms with Crippen molar-refractivity contribution in [2.75, 3.05) is 18.6 Å². The van der Waals surface area contributed by atoms with Crippen LogP contribution in [0.1, 0.15) is 18.5 Å². The monoisotopic (exact) mass is 278 g/mol. The predicted octanol–water partition coefficient (Wildman–Crippen LogP) is 1.93. The van der Waals surface area contributed by atoms with Crippen molar-refractivity contribution in [1.29, 1.82) is 0 Å². The van der Waals surface area contributed by atoms with E-state index in [2.05, 4.69) is 10.3 Å². The van der Waals surface area contributed by atoms with Crippen LogP contribution in [-0.2, 0) is 9.84 Å². The molecule has 0 aliphatic rings. The summed E-state index contributed by atoms with van der Waals surface area (Å²) in [5.41, 5.74) is 1.90. The van der Waals surface area contributed by atoms with E-state index in [1.807, 2.05) is 37.3 Å². The summed E-state index contributed by atoms with van der Waals surface area (Å²) in [6.07, 6.45) is 3.01. The second kappa shape index (κ2) is 5.67. The average Bonchev–Trinajstić information content (AvgIpc) is 2.36. The van der Waals surface area contributed by atoms with Crippen LogP contribution >= 0.6 is 0 Å². The Labute approximate surface area is 113 Å². The molecule has 1 N–H and O–H groups in total. The van der Waals surface area contributed by atoms with Gasteiger partial charge in [0.15, 0.2) is 0 Å². The molecule has 0 saturated heterocycles. The second-order valence-corrected chi connectivity index (χ2v) is 6.84. The lowest BCUT2D eigenvalue weighted by molar-refractivity contribution is 0.563. The van der Waals surface area contributed by atoms with Crippen molar-refractivity contribution in [2.45, 2.75) is 13.0 Å². The van der Waals surface area contributed by atoms with E-state index in [9.17, 15) is 8.42 Å². The van der Waals surface area contributed by atoms with Gasteiger partial charge in [0.1, 0.15) is 9.84 Å². The van der Waals surface area contributed by atoms with Gasteiger partial charge in [-0.3, -0.25) is 4.98 Å². The minimum atomic E-state index is -3.03. The van der Waals surface area contributed by atoms with Gasteiger partial charge >= 0.3 is 0 Å². The Morgan fingerprint density at radius 2 is 2.11 bits per heavy atom. The molecule has 19 heavy (non-hydrogen) atoms. The molecule has 1 aromatic carbocycles. The highest BCUT2D eigenvalue weighted by Gasteiger charge is 2.16. The molecule has 4 nitrogen and oxygen atoms in total. The Hall–Kier alpha value is -1.46. The summed E-state index contributed by atoms with van der Waals surface area (Å²) in [5.74, 6) is 0.104. The fourth-order valence-corrected chi connectivity index (χ4v) is 3.05. The highest BCUT2D eigenvalue weighted by atomic mass is 32.2. The zero-order chi connectivity index (χ0) is 13.9. The summed E-state index contributed by atoms with van der Waals surface area (Å²) in [7, 11) is -3.03. The number of rotatable bonds is 5. The van der Waals surface area contributed by atoms with Crippen molar-refractivity contribution in [1.82, 2.24) is 10.3 Å². The number of hydrogen-bond acceptors (Lipinski definition) is 4. The first-order valence-electron chi connectivity index (χ1n) is 6.25. The second-order valence-electron chi connectivity index (χ2n) is 4.66. The quantitative estimate of drug-likeness (QED) is 0.908. The van der Waals surface area contributed by atoms with Crippen molar-refractivity contribution in [3.8, 4) is 0 Å². The molecule has 1 heterocycles. The molecule has 2 rings (SSSR count). The van der Waals surface area contributed by atoms with Crippen molar-refractivity contribution < 1.29 is 8.42 Å². The molecule has 0 spiro atoms. The minimum Gasteiger partial charge on any atom is -0.309 e. The van der Waals surface area contributed by atoms with Gasteiger partial charge in [0, 0.05) is 23.9 Å². The van der Waals surface area contributed by atoms with Gasteiger partial charge in [-0.05, 0) is 30.3 Å². The topological polar surface area (TPSA) is 59.1 Å². The highest BCUT2D eigenvalue weighted by molar-refractivity contribution is 7.90. The Morgan fingerprint density at radius 1 is 1.32 bits per heavy atom. The van der Waals surface area contributed by atoms with Crippen molar-refractivity contribution >= 4 is 20.7 Å². The minimum absolute atomic E-state index is 0.104. The van der Waals surface area contributed by atoms with Gasteiger partial charge < -0.3 is 5.32 Å². The zero-order valence-corrected chi connectivity index (χ0v) is 11.9. The third-order valence-corrected chi connectivity index (χ3v) is 3.89. The van der Waals surface area contributed by atoms with Crippen molar-refractivity contribution in [3.63, 3.8) is 0 Å². The van der Waals surface area contributed by atoms with Crippen LogP contribution in [0.3, 0.4) is 0 Å². The first kappa shape index (κ1) is 14.0. The molecule has 0 aliphatic carbocycles. The zero-order valence-electron chi connectivity index (χ0n) is 11.1. The van der Waals surface area contributed by atoms with Gasteiger partial charge in [0.2, 0.25) is 0 Å². The molecular weight excluding hydrogens is 260 g/mol. The summed E-state index contributed by atoms with van der Waals surface area (Å²) in [5, 5.41) is 4.25. The Kier molecular flexibility index (Phi) is 4.17. The molecule has 1 unspecified atom stereocenters. The van der Waals surface area contributed by atoms with Gasteiger partial charge in [-0.15, -0.1) is 0 Å². The van der Waals surface area contributed by atoms with Gasteiger partial charge in [0.05, 0.1) is 11.3 Å². The average molecular weight is 278 g/mol. The Morgan fingerprint density at radius 3 is 2.79 bits per heavy atom. The number of nitrogens with one attached hydrogen (secondary N) is 1. The fourth-order valence-electron chi connectivity index (χ4n) is 2.13. The molecule has 1 aromatic heterocycles. The van der Waals surface area contributed by atoms with Crippen LogP contribution < -0.4 is 5.32 Å². The molecule has 0 amide bonds. The largest absolute Gasteiger partial charge is 0.309 e. The lowest BCUT2D eigenvalue weighted by atomic mass is 10.1. The van der Waals surface area contributed by atoms with E-state index in [1.165, 1.54) is 6.26 Å². The lowest BCUT2D eigenvalue weighted by Crippen LogP contribution is -2.27. The maximum atomic E-state index is 11.5. The van der Waals surface area contributed by atoms with Crippen LogP contribution in [0.5, 0.6) is 0 Å². The molecule has 5 heteroatoms. The van der Waals surface area contributed by atoms with E-state index >= 15 is 0 Å². The molecule has 1 atom stereocenters. The lowest BCUT2D eigenvalue weighted by Gasteiger charge is -2.17. The number of pyridine rings is 1. The number of sulfone groups is 1.